The van der Waals surface area contributed by atoms with E-state index in [2.05, 4.69) is 10.1 Å². The maximum Gasteiger partial charge on any atom is 0.188 e. The molecule has 0 fully saturated rings. The molecule has 0 atom stereocenters. The number of carbonyl (C=O) groups excluding carboxylic acids is 1. The van der Waals surface area contributed by atoms with Gasteiger partial charge in [-0.1, -0.05) is 18.2 Å². The van der Waals surface area contributed by atoms with Crippen molar-refractivity contribution in [3.63, 3.8) is 0 Å². The molecule has 0 spiro atoms. The first-order valence-corrected chi connectivity index (χ1v) is 6.69. The summed E-state index contributed by atoms with van der Waals surface area (Å²) in [7, 11) is 0. The summed E-state index contributed by atoms with van der Waals surface area (Å²) in [4.78, 5) is 15.5. The van der Waals surface area contributed by atoms with Crippen molar-refractivity contribution in [2.75, 3.05) is 0 Å². The average molecular weight is 269 g/mol. The first-order chi connectivity index (χ1) is 9.24. The highest BCUT2D eigenvalue weighted by Gasteiger charge is 2.10. The van der Waals surface area contributed by atoms with Crippen LogP contribution in [0.5, 0.6) is 0 Å². The molecule has 19 heavy (non-hydrogen) atoms. The second-order valence-corrected chi connectivity index (χ2v) is 4.96. The second kappa shape index (κ2) is 4.78. The molecule has 0 radical (unpaired) electrons. The van der Waals surface area contributed by atoms with Gasteiger partial charge in [-0.05, 0) is 12.1 Å². The van der Waals surface area contributed by atoms with Crippen LogP contribution < -0.4 is 0 Å². The van der Waals surface area contributed by atoms with Crippen molar-refractivity contribution in [1.82, 2.24) is 14.8 Å². The minimum Gasteiger partial charge on any atom is -0.292 e. The first kappa shape index (κ1) is 11.8. The van der Waals surface area contributed by atoms with Crippen molar-refractivity contribution in [2.45, 2.75) is 6.92 Å². The molecule has 0 aliphatic carbocycles. The number of hydrogen-bond donors (Lipinski definition) is 0. The quantitative estimate of drug-likeness (QED) is 0.686. The van der Waals surface area contributed by atoms with Crippen LogP contribution in [0, 0.1) is 0 Å². The summed E-state index contributed by atoms with van der Waals surface area (Å²) < 4.78 is 1.79. The topological polar surface area (TPSA) is 47.8 Å². The fourth-order valence-electron chi connectivity index (χ4n) is 1.75. The van der Waals surface area contributed by atoms with E-state index in [9.17, 15) is 4.79 Å². The molecule has 0 saturated heterocycles. The van der Waals surface area contributed by atoms with Crippen LogP contribution in [0.2, 0.25) is 0 Å². The number of benzene rings is 1. The van der Waals surface area contributed by atoms with Gasteiger partial charge < -0.3 is 0 Å². The van der Waals surface area contributed by atoms with Gasteiger partial charge in [0, 0.05) is 24.1 Å². The van der Waals surface area contributed by atoms with Crippen LogP contribution in [0.1, 0.15) is 16.7 Å². The molecular formula is C14H11N3OS. The molecule has 2 aromatic heterocycles. The van der Waals surface area contributed by atoms with Crippen molar-refractivity contribution in [1.29, 1.82) is 0 Å². The van der Waals surface area contributed by atoms with Crippen molar-refractivity contribution in [3.05, 3.63) is 53.1 Å². The zero-order valence-corrected chi connectivity index (χ0v) is 11.1. The number of hydrogen-bond acceptors (Lipinski definition) is 4. The molecule has 0 aliphatic heterocycles. The second-order valence-electron chi connectivity index (χ2n) is 4.10. The van der Waals surface area contributed by atoms with Gasteiger partial charge in [0.15, 0.2) is 10.8 Å². The Bertz CT molecular complexity index is 715. The number of rotatable bonds is 3. The van der Waals surface area contributed by atoms with Gasteiger partial charge in [0.25, 0.3) is 0 Å². The molecule has 0 bridgehead atoms. The summed E-state index contributed by atoms with van der Waals surface area (Å²) in [6.45, 7) is 1.52. The Morgan fingerprint density at radius 3 is 2.74 bits per heavy atom. The molecule has 94 valence electrons. The summed E-state index contributed by atoms with van der Waals surface area (Å²) in [5, 5.41) is 6.72. The number of thiazole rings is 1. The van der Waals surface area contributed by atoms with Gasteiger partial charge in [-0.2, -0.15) is 5.10 Å². The summed E-state index contributed by atoms with van der Waals surface area (Å²) in [6, 6.07) is 9.87. The highest BCUT2D eigenvalue weighted by molar-refractivity contribution is 7.12. The van der Waals surface area contributed by atoms with Gasteiger partial charge in [0.2, 0.25) is 0 Å². The SMILES string of the molecule is CC(=O)c1nc(-c2cnn(-c3ccccc3)c2)cs1. The van der Waals surface area contributed by atoms with Crippen molar-refractivity contribution < 1.29 is 4.79 Å². The van der Waals surface area contributed by atoms with Gasteiger partial charge in [-0.25, -0.2) is 9.67 Å². The van der Waals surface area contributed by atoms with E-state index >= 15 is 0 Å². The first-order valence-electron chi connectivity index (χ1n) is 5.81. The van der Waals surface area contributed by atoms with Crippen LogP contribution in [0.15, 0.2) is 48.1 Å². The average Bonchev–Trinajstić information content (AvgIpc) is 3.09. The summed E-state index contributed by atoms with van der Waals surface area (Å²) in [5.74, 6) is -0.00768. The Morgan fingerprint density at radius 1 is 1.26 bits per heavy atom. The van der Waals surface area contributed by atoms with Gasteiger partial charge in [-0.3, -0.25) is 4.79 Å². The van der Waals surface area contributed by atoms with Crippen LogP contribution in [0.4, 0.5) is 0 Å². The molecule has 0 N–H and O–H groups in total. The van der Waals surface area contributed by atoms with Gasteiger partial charge in [-0.15, -0.1) is 11.3 Å². The molecule has 0 saturated carbocycles. The fourth-order valence-corrected chi connectivity index (χ4v) is 2.47. The number of carbonyl (C=O) groups is 1. The molecule has 1 aromatic carbocycles. The Hall–Kier alpha value is -2.27. The van der Waals surface area contributed by atoms with Gasteiger partial charge in [0.1, 0.15) is 0 Å². The zero-order valence-electron chi connectivity index (χ0n) is 10.3. The Kier molecular flexibility index (Phi) is 2.97. The fraction of sp³-hybridized carbons (Fsp3) is 0.0714. The molecule has 0 unspecified atom stereocenters. The summed E-state index contributed by atoms with van der Waals surface area (Å²) in [5.41, 5.74) is 2.70. The van der Waals surface area contributed by atoms with E-state index in [1.165, 1.54) is 18.3 Å². The molecule has 0 amide bonds. The summed E-state index contributed by atoms with van der Waals surface area (Å²) in [6.07, 6.45) is 3.67. The number of ketones is 1. The van der Waals surface area contributed by atoms with Gasteiger partial charge >= 0.3 is 0 Å². The van der Waals surface area contributed by atoms with Crippen molar-refractivity contribution in [2.24, 2.45) is 0 Å². The molecule has 5 heteroatoms. The van der Waals surface area contributed by atoms with E-state index in [-0.39, 0.29) is 5.78 Å². The largest absolute Gasteiger partial charge is 0.292 e. The lowest BCUT2D eigenvalue weighted by Crippen LogP contribution is -1.92. The zero-order chi connectivity index (χ0) is 13.2. The van der Waals surface area contributed by atoms with Crippen LogP contribution in [-0.4, -0.2) is 20.5 Å². The molecule has 3 aromatic rings. The third-order valence-electron chi connectivity index (χ3n) is 2.70. The number of nitrogens with zero attached hydrogens (tertiary/aromatic N) is 3. The van der Waals surface area contributed by atoms with Crippen molar-refractivity contribution >= 4 is 17.1 Å². The minimum absolute atomic E-state index is 0.00768. The lowest BCUT2D eigenvalue weighted by atomic mass is 10.3. The molecule has 0 aliphatic rings. The third kappa shape index (κ3) is 2.32. The van der Waals surface area contributed by atoms with Crippen LogP contribution in [0.3, 0.4) is 0 Å². The van der Waals surface area contributed by atoms with Crippen LogP contribution in [0.25, 0.3) is 16.9 Å². The van der Waals surface area contributed by atoms with E-state index < -0.39 is 0 Å². The van der Waals surface area contributed by atoms with E-state index in [0.29, 0.717) is 5.01 Å². The highest BCUT2D eigenvalue weighted by atomic mass is 32.1. The Balaban J connectivity index is 1.94. The Morgan fingerprint density at radius 2 is 2.05 bits per heavy atom. The standard InChI is InChI=1S/C14H11N3OS/c1-10(18)14-16-13(9-19-14)11-7-15-17(8-11)12-5-3-2-4-6-12/h2-9H,1H3. The van der Waals surface area contributed by atoms with Crippen LogP contribution >= 0.6 is 11.3 Å². The lowest BCUT2D eigenvalue weighted by molar-refractivity contribution is 0.101. The maximum atomic E-state index is 11.2. The third-order valence-corrected chi connectivity index (χ3v) is 3.65. The number of aromatic nitrogens is 3. The molecule has 4 nitrogen and oxygen atoms in total. The maximum absolute atomic E-state index is 11.2. The van der Waals surface area contributed by atoms with Crippen molar-refractivity contribution in [3.8, 4) is 16.9 Å². The Labute approximate surface area is 114 Å². The van der Waals surface area contributed by atoms with E-state index in [1.807, 2.05) is 41.9 Å². The van der Waals surface area contributed by atoms with Crippen LogP contribution in [-0.2, 0) is 0 Å². The van der Waals surface area contributed by atoms with Gasteiger partial charge in [0.05, 0.1) is 17.6 Å². The minimum atomic E-state index is -0.00768. The lowest BCUT2D eigenvalue weighted by Gasteiger charge is -1.98. The predicted octanol–water partition coefficient (Wildman–Crippen LogP) is 3.20. The van der Waals surface area contributed by atoms with E-state index in [0.717, 1.165) is 16.9 Å². The van der Waals surface area contributed by atoms with E-state index in [4.69, 9.17) is 0 Å². The monoisotopic (exact) mass is 269 g/mol. The normalized spacial score (nSPS) is 10.6. The molecule has 3 rings (SSSR count). The molecular weight excluding hydrogens is 258 g/mol. The number of para-hydroxylation sites is 1. The smallest absolute Gasteiger partial charge is 0.188 e. The summed E-state index contributed by atoms with van der Waals surface area (Å²) >= 11 is 1.36. The predicted molar refractivity (Wildman–Crippen MR) is 74.7 cm³/mol. The highest BCUT2D eigenvalue weighted by Crippen LogP contribution is 2.22. The van der Waals surface area contributed by atoms with E-state index in [1.54, 1.807) is 10.9 Å². The molecule has 2 heterocycles. The number of Topliss-reactive ketones (excluding diaryl/α,β-unsaturated/α-hetero) is 1.